The number of hydrogen-bond acceptors (Lipinski definition) is 3. The highest BCUT2D eigenvalue weighted by Gasteiger charge is 2.34. The number of rotatable bonds is 10. The largest absolute Gasteiger partial charge is 0.396 e. The maximum absolute atomic E-state index is 9.42. The van der Waals surface area contributed by atoms with Crippen LogP contribution in [-0.2, 0) is 11.2 Å². The minimum Gasteiger partial charge on any atom is -0.396 e. The zero-order valence-corrected chi connectivity index (χ0v) is 22.1. The molecule has 0 saturated carbocycles. The van der Waals surface area contributed by atoms with Crippen molar-refractivity contribution in [3.8, 4) is 0 Å². The molecule has 172 valence electrons. The summed E-state index contributed by atoms with van der Waals surface area (Å²) in [5.74, 6) is 1.70. The monoisotopic (exact) mass is 571 g/mol. The van der Waals surface area contributed by atoms with Crippen molar-refractivity contribution in [2.75, 3.05) is 39.5 Å². The SMILES string of the molecule is CCNC(=NCC1(CCO)CCOC1)NCC(Cc1ccc(Cl)cc1Cl)C(C)C.I. The number of aliphatic hydroxyl groups excluding tert-OH is 1. The average molecular weight is 572 g/mol. The van der Waals surface area contributed by atoms with Crippen LogP contribution in [0.1, 0.15) is 39.2 Å². The van der Waals surface area contributed by atoms with Gasteiger partial charge in [0.25, 0.3) is 0 Å². The molecule has 0 aromatic heterocycles. The van der Waals surface area contributed by atoms with Crippen molar-refractivity contribution in [2.24, 2.45) is 22.2 Å². The van der Waals surface area contributed by atoms with E-state index in [1.165, 1.54) is 0 Å². The summed E-state index contributed by atoms with van der Waals surface area (Å²) in [4.78, 5) is 4.81. The minimum absolute atomic E-state index is 0. The molecule has 1 heterocycles. The molecule has 3 N–H and O–H groups in total. The van der Waals surface area contributed by atoms with Crippen molar-refractivity contribution >= 4 is 53.1 Å². The van der Waals surface area contributed by atoms with E-state index in [0.29, 0.717) is 30.0 Å². The smallest absolute Gasteiger partial charge is 0.191 e. The van der Waals surface area contributed by atoms with Gasteiger partial charge >= 0.3 is 0 Å². The van der Waals surface area contributed by atoms with Crippen LogP contribution in [0.15, 0.2) is 23.2 Å². The summed E-state index contributed by atoms with van der Waals surface area (Å²) >= 11 is 12.4. The Morgan fingerprint density at radius 3 is 2.63 bits per heavy atom. The van der Waals surface area contributed by atoms with Gasteiger partial charge in [-0.15, -0.1) is 24.0 Å². The first kappa shape index (κ1) is 27.8. The van der Waals surface area contributed by atoms with Gasteiger partial charge in [0.1, 0.15) is 0 Å². The topological polar surface area (TPSA) is 65.9 Å². The molecule has 0 spiro atoms. The summed E-state index contributed by atoms with van der Waals surface area (Å²) in [6.07, 6.45) is 2.54. The molecule has 1 aromatic rings. The molecule has 0 amide bonds. The zero-order chi connectivity index (χ0) is 21.3. The molecule has 1 saturated heterocycles. The van der Waals surface area contributed by atoms with E-state index < -0.39 is 0 Å². The molecule has 2 unspecified atom stereocenters. The third kappa shape index (κ3) is 8.69. The van der Waals surface area contributed by atoms with Crippen LogP contribution in [-0.4, -0.2) is 50.5 Å². The van der Waals surface area contributed by atoms with Crippen molar-refractivity contribution in [2.45, 2.75) is 40.0 Å². The van der Waals surface area contributed by atoms with Gasteiger partial charge < -0.3 is 20.5 Å². The number of hydrogen-bond donors (Lipinski definition) is 3. The highest BCUT2D eigenvalue weighted by molar-refractivity contribution is 14.0. The van der Waals surface area contributed by atoms with Crippen LogP contribution >= 0.6 is 47.2 Å². The molecule has 1 fully saturated rings. The molecule has 0 bridgehead atoms. The van der Waals surface area contributed by atoms with E-state index in [2.05, 4.69) is 31.4 Å². The number of benzene rings is 1. The number of aliphatic imine (C=N–C) groups is 1. The molecule has 30 heavy (non-hydrogen) atoms. The van der Waals surface area contributed by atoms with Crippen LogP contribution < -0.4 is 10.6 Å². The van der Waals surface area contributed by atoms with Gasteiger partial charge in [-0.3, -0.25) is 4.99 Å². The Kier molecular flexibility index (Phi) is 12.9. The van der Waals surface area contributed by atoms with Crippen LogP contribution in [0.2, 0.25) is 10.0 Å². The maximum atomic E-state index is 9.42. The molecule has 0 aliphatic carbocycles. The van der Waals surface area contributed by atoms with Crippen molar-refractivity contribution in [1.82, 2.24) is 10.6 Å². The van der Waals surface area contributed by atoms with Crippen LogP contribution in [0, 0.1) is 17.3 Å². The third-order valence-corrected chi connectivity index (χ3v) is 6.30. The van der Waals surface area contributed by atoms with E-state index in [4.69, 9.17) is 32.9 Å². The summed E-state index contributed by atoms with van der Waals surface area (Å²) in [6.45, 7) is 10.3. The van der Waals surface area contributed by atoms with Gasteiger partial charge in [-0.05, 0) is 55.7 Å². The molecular weight excluding hydrogens is 536 g/mol. The Morgan fingerprint density at radius 1 is 1.30 bits per heavy atom. The van der Waals surface area contributed by atoms with E-state index in [0.717, 1.165) is 55.5 Å². The fourth-order valence-electron chi connectivity index (χ4n) is 3.62. The maximum Gasteiger partial charge on any atom is 0.191 e. The molecule has 1 aliphatic rings. The van der Waals surface area contributed by atoms with Crippen LogP contribution in [0.5, 0.6) is 0 Å². The second kappa shape index (κ2) is 14.0. The lowest BCUT2D eigenvalue weighted by atomic mass is 9.84. The minimum atomic E-state index is -0.0502. The number of ether oxygens (including phenoxy) is 1. The summed E-state index contributed by atoms with van der Waals surface area (Å²) in [6, 6.07) is 5.71. The Hall–Kier alpha value is -0.280. The molecule has 8 heteroatoms. The fraction of sp³-hybridized carbons (Fsp3) is 0.682. The summed E-state index contributed by atoms with van der Waals surface area (Å²) < 4.78 is 5.58. The van der Waals surface area contributed by atoms with Crippen LogP contribution in [0.3, 0.4) is 0 Å². The summed E-state index contributed by atoms with van der Waals surface area (Å²) in [7, 11) is 0. The number of nitrogens with one attached hydrogen (secondary N) is 2. The normalized spacial score (nSPS) is 20.2. The first-order chi connectivity index (χ1) is 13.9. The van der Waals surface area contributed by atoms with E-state index in [1.807, 2.05) is 12.1 Å². The van der Waals surface area contributed by atoms with Gasteiger partial charge in [0, 0.05) is 41.8 Å². The second-order valence-corrected chi connectivity index (χ2v) is 9.14. The average Bonchev–Trinajstić information content (AvgIpc) is 3.13. The highest BCUT2D eigenvalue weighted by atomic mass is 127. The van der Waals surface area contributed by atoms with Crippen molar-refractivity contribution < 1.29 is 9.84 Å². The standard InChI is InChI=1S/C22H35Cl2N3O2.HI/c1-4-25-21(27-14-22(7-9-28)8-10-29-15-22)26-13-18(16(2)3)11-17-5-6-19(23)12-20(17)24;/h5-6,12,16,18,28H,4,7-11,13-15H2,1-3H3,(H2,25,26,27);1H. The zero-order valence-electron chi connectivity index (χ0n) is 18.2. The predicted molar refractivity (Wildman–Crippen MR) is 137 cm³/mol. The van der Waals surface area contributed by atoms with Gasteiger partial charge in [0.15, 0.2) is 5.96 Å². The van der Waals surface area contributed by atoms with Crippen LogP contribution in [0.4, 0.5) is 0 Å². The van der Waals surface area contributed by atoms with E-state index >= 15 is 0 Å². The molecular formula is C22H36Cl2IN3O2. The predicted octanol–water partition coefficient (Wildman–Crippen LogP) is 4.77. The fourth-order valence-corrected chi connectivity index (χ4v) is 4.10. The van der Waals surface area contributed by atoms with Gasteiger partial charge in [0.2, 0.25) is 0 Å². The van der Waals surface area contributed by atoms with Gasteiger partial charge in [-0.25, -0.2) is 0 Å². The lowest BCUT2D eigenvalue weighted by molar-refractivity contribution is 0.131. The van der Waals surface area contributed by atoms with Crippen molar-refractivity contribution in [1.29, 1.82) is 0 Å². The molecule has 5 nitrogen and oxygen atoms in total. The quantitative estimate of drug-likeness (QED) is 0.215. The van der Waals surface area contributed by atoms with Gasteiger partial charge in [0.05, 0.1) is 13.2 Å². The molecule has 2 atom stereocenters. The summed E-state index contributed by atoms with van der Waals surface area (Å²) in [5, 5.41) is 17.6. The molecule has 2 rings (SSSR count). The highest BCUT2D eigenvalue weighted by Crippen LogP contribution is 2.32. The lowest BCUT2D eigenvalue weighted by Crippen LogP contribution is -2.42. The van der Waals surface area contributed by atoms with E-state index in [1.54, 1.807) is 6.07 Å². The lowest BCUT2D eigenvalue weighted by Gasteiger charge is -2.26. The molecule has 1 aliphatic heterocycles. The van der Waals surface area contributed by atoms with E-state index in [9.17, 15) is 5.11 Å². The third-order valence-electron chi connectivity index (χ3n) is 5.72. The van der Waals surface area contributed by atoms with Gasteiger partial charge in [-0.1, -0.05) is 43.1 Å². The Balaban J connectivity index is 0.00000450. The molecule has 1 aromatic carbocycles. The second-order valence-electron chi connectivity index (χ2n) is 8.30. The Labute approximate surface area is 208 Å². The Bertz CT molecular complexity index is 668. The van der Waals surface area contributed by atoms with Gasteiger partial charge in [-0.2, -0.15) is 0 Å². The number of guanidine groups is 1. The number of halogens is 3. The number of aliphatic hydroxyl groups is 1. The first-order valence-electron chi connectivity index (χ1n) is 10.5. The Morgan fingerprint density at radius 2 is 2.07 bits per heavy atom. The summed E-state index contributed by atoms with van der Waals surface area (Å²) in [5.41, 5.74) is 1.06. The van der Waals surface area contributed by atoms with E-state index in [-0.39, 0.29) is 36.0 Å². The van der Waals surface area contributed by atoms with Crippen molar-refractivity contribution in [3.63, 3.8) is 0 Å². The molecule has 0 radical (unpaired) electrons. The van der Waals surface area contributed by atoms with Crippen molar-refractivity contribution in [3.05, 3.63) is 33.8 Å². The van der Waals surface area contributed by atoms with Crippen LogP contribution in [0.25, 0.3) is 0 Å². The number of nitrogens with zero attached hydrogens (tertiary/aromatic N) is 1. The first-order valence-corrected chi connectivity index (χ1v) is 11.3.